The van der Waals surface area contributed by atoms with Crippen molar-refractivity contribution in [3.8, 4) is 5.75 Å². The Morgan fingerprint density at radius 3 is 2.69 bits per heavy atom. The first-order valence-electron chi connectivity index (χ1n) is 10.7. The average Bonchev–Trinajstić information content (AvgIpc) is 3.23. The molecule has 2 atom stereocenters. The molecule has 0 saturated heterocycles. The molecule has 0 aliphatic carbocycles. The molecule has 1 aliphatic heterocycles. The number of rotatable bonds is 7. The fraction of sp³-hybridized carbons (Fsp3) is 0.391. The molecule has 8 nitrogen and oxygen atoms in total. The number of anilines is 1. The minimum atomic E-state index is -0.640. The quantitative estimate of drug-likeness (QED) is 0.565. The summed E-state index contributed by atoms with van der Waals surface area (Å²) in [6, 6.07) is 13.4. The molecule has 3 aromatic rings. The van der Waals surface area contributed by atoms with Crippen molar-refractivity contribution < 1.29 is 13.9 Å². The van der Waals surface area contributed by atoms with E-state index in [0.29, 0.717) is 25.3 Å². The summed E-state index contributed by atoms with van der Waals surface area (Å²) >= 11 is 0. The number of hydrogen-bond donors (Lipinski definition) is 0. The number of benzene rings is 2. The Morgan fingerprint density at radius 1 is 1.25 bits per heavy atom. The van der Waals surface area contributed by atoms with Crippen molar-refractivity contribution in [3.05, 3.63) is 65.7 Å². The number of amides is 1. The Kier molecular flexibility index (Phi) is 6.34. The highest BCUT2D eigenvalue weighted by Gasteiger charge is 2.31. The summed E-state index contributed by atoms with van der Waals surface area (Å²) in [6.45, 7) is 5.83. The predicted molar refractivity (Wildman–Crippen MR) is 118 cm³/mol. The number of ether oxygens (including phenoxy) is 1. The molecule has 0 saturated carbocycles. The van der Waals surface area contributed by atoms with Crippen LogP contribution < -0.4 is 9.64 Å². The maximum atomic E-state index is 13.5. The molecule has 168 valence electrons. The van der Waals surface area contributed by atoms with Crippen LogP contribution in [0.3, 0.4) is 0 Å². The molecular weight excluding hydrogens is 411 g/mol. The molecule has 9 heteroatoms. The summed E-state index contributed by atoms with van der Waals surface area (Å²) in [7, 11) is 1.76. The zero-order valence-electron chi connectivity index (χ0n) is 18.5. The number of tetrazole rings is 1. The normalized spacial score (nSPS) is 16.2. The minimum Gasteiger partial charge on any atom is -0.485 e. The van der Waals surface area contributed by atoms with Gasteiger partial charge >= 0.3 is 0 Å². The number of aryl methyl sites for hydroxylation is 1. The highest BCUT2D eigenvalue weighted by molar-refractivity contribution is 5.80. The molecule has 0 N–H and O–H groups in total. The zero-order chi connectivity index (χ0) is 22.7. The van der Waals surface area contributed by atoms with Gasteiger partial charge in [-0.3, -0.25) is 4.79 Å². The van der Waals surface area contributed by atoms with Crippen LogP contribution >= 0.6 is 0 Å². The van der Waals surface area contributed by atoms with Crippen molar-refractivity contribution in [2.45, 2.75) is 32.4 Å². The van der Waals surface area contributed by atoms with Crippen LogP contribution in [0.15, 0.2) is 48.5 Å². The van der Waals surface area contributed by atoms with Gasteiger partial charge in [-0.05, 0) is 54.1 Å². The van der Waals surface area contributed by atoms with Crippen LogP contribution in [-0.4, -0.2) is 63.8 Å². The van der Waals surface area contributed by atoms with Gasteiger partial charge in [0.25, 0.3) is 0 Å². The Hall–Kier alpha value is -3.49. The number of nitrogens with zero attached hydrogens (tertiary/aromatic N) is 6. The van der Waals surface area contributed by atoms with E-state index < -0.39 is 6.04 Å². The van der Waals surface area contributed by atoms with Gasteiger partial charge in [0.15, 0.2) is 0 Å². The van der Waals surface area contributed by atoms with E-state index in [0.717, 1.165) is 23.5 Å². The van der Waals surface area contributed by atoms with E-state index in [2.05, 4.69) is 27.3 Å². The van der Waals surface area contributed by atoms with Gasteiger partial charge in [0.2, 0.25) is 5.91 Å². The van der Waals surface area contributed by atoms with Gasteiger partial charge in [0.05, 0.1) is 18.8 Å². The molecule has 0 radical (unpaired) electrons. The second-order valence-corrected chi connectivity index (χ2v) is 7.98. The number of halogens is 1. The summed E-state index contributed by atoms with van der Waals surface area (Å²) in [5.41, 5.74) is 1.90. The molecule has 1 aliphatic rings. The van der Waals surface area contributed by atoms with Crippen molar-refractivity contribution in [3.63, 3.8) is 0 Å². The maximum Gasteiger partial charge on any atom is 0.247 e. The molecule has 1 aromatic heterocycles. The first-order chi connectivity index (χ1) is 15.5. The van der Waals surface area contributed by atoms with Gasteiger partial charge < -0.3 is 14.5 Å². The molecule has 2 heterocycles. The lowest BCUT2D eigenvalue weighted by Gasteiger charge is -2.37. The summed E-state index contributed by atoms with van der Waals surface area (Å²) in [5.74, 6) is 0.919. The lowest BCUT2D eigenvalue weighted by molar-refractivity contribution is -0.134. The molecule has 1 amide bonds. The van der Waals surface area contributed by atoms with Gasteiger partial charge in [-0.1, -0.05) is 24.3 Å². The number of carbonyl (C=O) groups excluding carboxylic acids is 1. The third-order valence-corrected chi connectivity index (χ3v) is 5.74. The van der Waals surface area contributed by atoms with E-state index in [1.165, 1.54) is 16.8 Å². The van der Waals surface area contributed by atoms with Crippen molar-refractivity contribution >= 4 is 11.6 Å². The molecule has 4 rings (SSSR count). The van der Waals surface area contributed by atoms with Crippen molar-refractivity contribution in [1.82, 2.24) is 25.1 Å². The highest BCUT2D eigenvalue weighted by atomic mass is 19.1. The molecule has 0 bridgehead atoms. The minimum absolute atomic E-state index is 0.129. The molecule has 2 unspecified atom stereocenters. The van der Waals surface area contributed by atoms with Crippen molar-refractivity contribution in [2.75, 3.05) is 31.6 Å². The van der Waals surface area contributed by atoms with E-state index in [4.69, 9.17) is 4.74 Å². The first kappa shape index (κ1) is 21.7. The topological polar surface area (TPSA) is 76.4 Å². The van der Waals surface area contributed by atoms with Crippen LogP contribution in [-0.2, 0) is 11.2 Å². The van der Waals surface area contributed by atoms with E-state index in [9.17, 15) is 9.18 Å². The van der Waals surface area contributed by atoms with E-state index in [1.807, 2.05) is 24.3 Å². The van der Waals surface area contributed by atoms with Crippen LogP contribution in [0.5, 0.6) is 5.75 Å². The zero-order valence-corrected chi connectivity index (χ0v) is 18.5. The second kappa shape index (κ2) is 9.33. The molecule has 2 aromatic carbocycles. The lowest BCUT2D eigenvalue weighted by Crippen LogP contribution is -2.48. The Bertz CT molecular complexity index is 1070. The fourth-order valence-electron chi connectivity index (χ4n) is 4.07. The predicted octanol–water partition coefficient (Wildman–Crippen LogP) is 2.65. The van der Waals surface area contributed by atoms with Crippen LogP contribution in [0.2, 0.25) is 0 Å². The number of fused-ring (bicyclic) bond motifs is 1. The third kappa shape index (κ3) is 4.56. The van der Waals surface area contributed by atoms with Crippen molar-refractivity contribution in [1.29, 1.82) is 0 Å². The van der Waals surface area contributed by atoms with E-state index in [-0.39, 0.29) is 17.8 Å². The number of hydrogen-bond acceptors (Lipinski definition) is 6. The van der Waals surface area contributed by atoms with Crippen LogP contribution in [0.4, 0.5) is 10.1 Å². The largest absolute Gasteiger partial charge is 0.485 e. The van der Waals surface area contributed by atoms with Gasteiger partial charge in [-0.2, -0.15) is 0 Å². The number of para-hydroxylation sites is 2. The molecular formula is C23H27FN6O2. The highest BCUT2D eigenvalue weighted by Crippen LogP contribution is 2.33. The number of likely N-dealkylation sites (N-methyl/N-ethyl adjacent to an activating group) is 2. The van der Waals surface area contributed by atoms with E-state index in [1.54, 1.807) is 31.0 Å². The average molecular weight is 439 g/mol. The smallest absolute Gasteiger partial charge is 0.247 e. The third-order valence-electron chi connectivity index (χ3n) is 5.74. The summed E-state index contributed by atoms with van der Waals surface area (Å²) in [4.78, 5) is 17.4. The molecule has 0 fully saturated rings. The van der Waals surface area contributed by atoms with Gasteiger partial charge in [-0.15, -0.1) is 5.10 Å². The van der Waals surface area contributed by atoms with Gasteiger partial charge in [-0.25, -0.2) is 9.07 Å². The number of aromatic nitrogens is 4. The SMILES string of the molecule is CCN1CC(CN(C)C(=O)C(Cc2ccc(F)cc2)n2nnnc2C)Oc2ccccc21. The van der Waals surface area contributed by atoms with Crippen molar-refractivity contribution in [2.24, 2.45) is 0 Å². The van der Waals surface area contributed by atoms with Crippen LogP contribution in [0.1, 0.15) is 24.4 Å². The second-order valence-electron chi connectivity index (χ2n) is 7.98. The van der Waals surface area contributed by atoms with Gasteiger partial charge in [0, 0.05) is 20.0 Å². The number of carbonyl (C=O) groups is 1. The lowest BCUT2D eigenvalue weighted by atomic mass is 10.0. The maximum absolute atomic E-state index is 13.5. The molecule has 32 heavy (non-hydrogen) atoms. The molecule has 0 spiro atoms. The Morgan fingerprint density at radius 2 is 2.00 bits per heavy atom. The summed E-state index contributed by atoms with van der Waals surface area (Å²) in [6.07, 6.45) is 0.186. The van der Waals surface area contributed by atoms with Crippen LogP contribution in [0.25, 0.3) is 0 Å². The Balaban J connectivity index is 1.52. The first-order valence-corrected chi connectivity index (χ1v) is 10.7. The summed E-state index contributed by atoms with van der Waals surface area (Å²) < 4.78 is 21.1. The fourth-order valence-corrected chi connectivity index (χ4v) is 4.07. The standard InChI is InChI=1S/C23H27FN6O2/c1-4-29-15-19(32-22-8-6-5-7-20(22)29)14-28(3)23(31)21(30-16(2)25-26-27-30)13-17-9-11-18(24)12-10-17/h5-12,19,21H,4,13-15H2,1-3H3. The van der Waals surface area contributed by atoms with E-state index >= 15 is 0 Å². The monoisotopic (exact) mass is 438 g/mol. The van der Waals surface area contributed by atoms with Crippen LogP contribution in [0, 0.1) is 12.7 Å². The Labute approximate surface area is 186 Å². The summed E-state index contributed by atoms with van der Waals surface area (Å²) in [5, 5.41) is 11.7. The van der Waals surface area contributed by atoms with Gasteiger partial charge in [0.1, 0.15) is 29.5 Å².